The molecule has 0 fully saturated rings. The largest absolute Gasteiger partial charge is 0.478 e. The fraction of sp³-hybridized carbons (Fsp3) is 0.312. The van der Waals surface area contributed by atoms with Crippen LogP contribution in [-0.4, -0.2) is 23.7 Å². The van der Waals surface area contributed by atoms with Gasteiger partial charge >= 0.3 is 5.97 Å². The Morgan fingerprint density at radius 2 is 2.16 bits per heavy atom. The van der Waals surface area contributed by atoms with Gasteiger partial charge in [0.2, 0.25) is 0 Å². The van der Waals surface area contributed by atoms with Crippen LogP contribution in [0.2, 0.25) is 0 Å². The fourth-order valence-electron chi connectivity index (χ4n) is 1.96. The minimum atomic E-state index is -0.938. The number of nitrogens with zero attached hydrogens (tertiary/aromatic N) is 1. The van der Waals surface area contributed by atoms with E-state index < -0.39 is 5.97 Å². The SMILES string of the molecule is C=CCN(c1ccc(C)cc1/C=C/C(=O)O)C(C)C. The second kappa shape index (κ2) is 6.78. The van der Waals surface area contributed by atoms with E-state index in [9.17, 15) is 4.79 Å². The second-order valence-corrected chi connectivity index (χ2v) is 4.77. The molecule has 0 amide bonds. The van der Waals surface area contributed by atoms with Crippen LogP contribution in [0.25, 0.3) is 6.08 Å². The molecule has 0 saturated heterocycles. The minimum absolute atomic E-state index is 0.317. The molecule has 0 aliphatic carbocycles. The predicted molar refractivity (Wildman–Crippen MR) is 80.5 cm³/mol. The molecule has 0 aliphatic heterocycles. The van der Waals surface area contributed by atoms with Crippen LogP contribution in [-0.2, 0) is 4.79 Å². The van der Waals surface area contributed by atoms with Gasteiger partial charge in [-0.3, -0.25) is 0 Å². The maximum Gasteiger partial charge on any atom is 0.328 e. The van der Waals surface area contributed by atoms with Crippen molar-refractivity contribution in [3.05, 3.63) is 48.1 Å². The van der Waals surface area contributed by atoms with E-state index >= 15 is 0 Å². The molecule has 1 aromatic rings. The Morgan fingerprint density at radius 1 is 1.47 bits per heavy atom. The number of hydrogen-bond acceptors (Lipinski definition) is 2. The van der Waals surface area contributed by atoms with Gasteiger partial charge in [-0.15, -0.1) is 6.58 Å². The van der Waals surface area contributed by atoms with E-state index in [0.29, 0.717) is 6.04 Å². The van der Waals surface area contributed by atoms with Gasteiger partial charge in [0.15, 0.2) is 0 Å². The summed E-state index contributed by atoms with van der Waals surface area (Å²) >= 11 is 0. The molecule has 0 bridgehead atoms. The van der Waals surface area contributed by atoms with Crippen LogP contribution in [0.1, 0.15) is 25.0 Å². The highest BCUT2D eigenvalue weighted by atomic mass is 16.4. The molecule has 0 aromatic heterocycles. The summed E-state index contributed by atoms with van der Waals surface area (Å²) < 4.78 is 0. The zero-order valence-corrected chi connectivity index (χ0v) is 11.8. The fourth-order valence-corrected chi connectivity index (χ4v) is 1.96. The lowest BCUT2D eigenvalue weighted by Crippen LogP contribution is -2.31. The summed E-state index contributed by atoms with van der Waals surface area (Å²) in [7, 11) is 0. The van der Waals surface area contributed by atoms with E-state index in [-0.39, 0.29) is 0 Å². The first-order valence-electron chi connectivity index (χ1n) is 6.35. The lowest BCUT2D eigenvalue weighted by atomic mass is 10.1. The monoisotopic (exact) mass is 259 g/mol. The summed E-state index contributed by atoms with van der Waals surface area (Å²) in [4.78, 5) is 12.9. The average Bonchev–Trinajstić information content (AvgIpc) is 2.34. The number of anilines is 1. The van der Waals surface area contributed by atoms with Crippen LogP contribution < -0.4 is 4.90 Å². The second-order valence-electron chi connectivity index (χ2n) is 4.77. The van der Waals surface area contributed by atoms with Gasteiger partial charge in [-0.05, 0) is 44.5 Å². The van der Waals surface area contributed by atoms with Gasteiger partial charge in [-0.2, -0.15) is 0 Å². The van der Waals surface area contributed by atoms with Crippen molar-refractivity contribution in [2.75, 3.05) is 11.4 Å². The van der Waals surface area contributed by atoms with Gasteiger partial charge in [0.25, 0.3) is 0 Å². The smallest absolute Gasteiger partial charge is 0.328 e. The Morgan fingerprint density at radius 3 is 2.68 bits per heavy atom. The van der Waals surface area contributed by atoms with Crippen LogP contribution >= 0.6 is 0 Å². The first-order chi connectivity index (χ1) is 8.95. The number of benzene rings is 1. The standard InChI is InChI=1S/C16H21NO2/c1-5-10-17(12(2)3)15-8-6-13(4)11-14(15)7-9-16(18)19/h5-9,11-12H,1,10H2,2-4H3,(H,18,19)/b9-7+. The van der Waals surface area contributed by atoms with Crippen molar-refractivity contribution in [2.45, 2.75) is 26.8 Å². The van der Waals surface area contributed by atoms with E-state index in [4.69, 9.17) is 5.11 Å². The summed E-state index contributed by atoms with van der Waals surface area (Å²) in [6, 6.07) is 6.37. The van der Waals surface area contributed by atoms with Crippen molar-refractivity contribution in [1.82, 2.24) is 0 Å². The number of hydrogen-bond donors (Lipinski definition) is 1. The maximum absolute atomic E-state index is 10.7. The highest BCUT2D eigenvalue weighted by Gasteiger charge is 2.12. The number of carbonyl (C=O) groups is 1. The number of carboxylic acids is 1. The average molecular weight is 259 g/mol. The number of aliphatic carboxylic acids is 1. The van der Waals surface area contributed by atoms with Crippen molar-refractivity contribution < 1.29 is 9.90 Å². The van der Waals surface area contributed by atoms with Gasteiger partial charge in [-0.1, -0.05) is 17.7 Å². The Kier molecular flexibility index (Phi) is 5.37. The van der Waals surface area contributed by atoms with Crippen molar-refractivity contribution >= 4 is 17.7 Å². The Labute approximate surface area is 114 Å². The first kappa shape index (κ1) is 15.0. The van der Waals surface area contributed by atoms with Crippen LogP contribution in [0.5, 0.6) is 0 Å². The summed E-state index contributed by atoms with van der Waals surface area (Å²) in [5.41, 5.74) is 3.05. The van der Waals surface area contributed by atoms with E-state index in [1.807, 2.05) is 31.2 Å². The molecular weight excluding hydrogens is 238 g/mol. The van der Waals surface area contributed by atoms with Gasteiger partial charge in [0.1, 0.15) is 0 Å². The maximum atomic E-state index is 10.7. The summed E-state index contributed by atoms with van der Waals surface area (Å²) in [5.74, 6) is -0.938. The molecule has 0 unspecified atom stereocenters. The van der Waals surface area contributed by atoms with Gasteiger partial charge in [0.05, 0.1) is 0 Å². The lowest BCUT2D eigenvalue weighted by Gasteiger charge is -2.29. The molecule has 0 aliphatic rings. The number of aryl methyl sites for hydroxylation is 1. The predicted octanol–water partition coefficient (Wildman–Crippen LogP) is 3.49. The molecule has 3 heteroatoms. The molecule has 102 valence electrons. The molecule has 0 heterocycles. The van der Waals surface area contributed by atoms with Crippen LogP contribution in [0, 0.1) is 6.92 Å². The van der Waals surface area contributed by atoms with Gasteiger partial charge in [0, 0.05) is 24.4 Å². The first-order valence-corrected chi connectivity index (χ1v) is 6.35. The van der Waals surface area contributed by atoms with Crippen LogP contribution in [0.15, 0.2) is 36.9 Å². The van der Waals surface area contributed by atoms with Crippen molar-refractivity contribution in [3.8, 4) is 0 Å². The highest BCUT2D eigenvalue weighted by molar-refractivity contribution is 5.87. The third-order valence-corrected chi connectivity index (χ3v) is 2.85. The topological polar surface area (TPSA) is 40.5 Å². The molecule has 0 radical (unpaired) electrons. The lowest BCUT2D eigenvalue weighted by molar-refractivity contribution is -0.131. The van der Waals surface area contributed by atoms with Crippen LogP contribution in [0.3, 0.4) is 0 Å². The zero-order valence-electron chi connectivity index (χ0n) is 11.8. The minimum Gasteiger partial charge on any atom is -0.478 e. The van der Waals surface area contributed by atoms with Gasteiger partial charge < -0.3 is 10.0 Å². The van der Waals surface area contributed by atoms with E-state index in [0.717, 1.165) is 23.4 Å². The van der Waals surface area contributed by atoms with E-state index in [1.54, 1.807) is 6.08 Å². The van der Waals surface area contributed by atoms with Gasteiger partial charge in [-0.25, -0.2) is 4.79 Å². The quantitative estimate of drug-likeness (QED) is 0.628. The van der Waals surface area contributed by atoms with E-state index in [1.165, 1.54) is 6.08 Å². The Bertz CT molecular complexity index is 490. The molecule has 0 atom stereocenters. The number of rotatable bonds is 6. The molecule has 1 N–H and O–H groups in total. The third kappa shape index (κ3) is 4.28. The molecule has 19 heavy (non-hydrogen) atoms. The Hall–Kier alpha value is -2.03. The number of carboxylic acid groups (broad SMARTS) is 1. The van der Waals surface area contributed by atoms with Crippen molar-refractivity contribution in [2.24, 2.45) is 0 Å². The molecule has 0 spiro atoms. The molecule has 1 rings (SSSR count). The summed E-state index contributed by atoms with van der Waals surface area (Å²) in [6.45, 7) is 10.7. The zero-order chi connectivity index (χ0) is 14.4. The molecule has 1 aromatic carbocycles. The normalized spacial score (nSPS) is 10.9. The third-order valence-electron chi connectivity index (χ3n) is 2.85. The molecule has 3 nitrogen and oxygen atoms in total. The van der Waals surface area contributed by atoms with E-state index in [2.05, 4.69) is 25.3 Å². The molecular formula is C16H21NO2. The van der Waals surface area contributed by atoms with Crippen molar-refractivity contribution in [3.63, 3.8) is 0 Å². The van der Waals surface area contributed by atoms with Crippen LogP contribution in [0.4, 0.5) is 5.69 Å². The van der Waals surface area contributed by atoms with Crippen molar-refractivity contribution in [1.29, 1.82) is 0 Å². The summed E-state index contributed by atoms with van der Waals surface area (Å²) in [5, 5.41) is 8.77. The molecule has 0 saturated carbocycles. The Balaban J connectivity index is 3.24. The summed E-state index contributed by atoms with van der Waals surface area (Å²) in [6.07, 6.45) is 4.67. The highest BCUT2D eigenvalue weighted by Crippen LogP contribution is 2.25.